The predicted molar refractivity (Wildman–Crippen MR) is 71.0 cm³/mol. The number of nitrogens with zero attached hydrogens (tertiary/aromatic N) is 2. The van der Waals surface area contributed by atoms with Crippen LogP contribution in [0.5, 0.6) is 0 Å². The number of nitrogens with one attached hydrogen (secondary N) is 1. The van der Waals surface area contributed by atoms with Crippen LogP contribution in [0.25, 0.3) is 0 Å². The minimum atomic E-state index is -0.581. The van der Waals surface area contributed by atoms with E-state index in [-0.39, 0.29) is 11.9 Å². The van der Waals surface area contributed by atoms with Crippen molar-refractivity contribution in [2.75, 3.05) is 0 Å². The molecule has 2 atom stereocenters. The van der Waals surface area contributed by atoms with Gasteiger partial charge in [0.05, 0.1) is 17.8 Å². The fourth-order valence-electron chi connectivity index (χ4n) is 2.39. The summed E-state index contributed by atoms with van der Waals surface area (Å²) in [7, 11) is 0. The quantitative estimate of drug-likeness (QED) is 0.864. The number of carbonyl (C=O) groups is 1. The number of fused-ring (bicyclic) bond motifs is 1. The molecule has 1 heterocycles. The molecule has 0 saturated heterocycles. The molecule has 1 amide bonds. The molecule has 98 valence electrons. The molecular formula is C13H13N3O2S. The van der Waals surface area contributed by atoms with Crippen LogP contribution >= 0.6 is 11.5 Å². The van der Waals surface area contributed by atoms with E-state index in [1.54, 1.807) is 6.92 Å². The average molecular weight is 275 g/mol. The smallest absolute Gasteiger partial charge is 0.265 e. The van der Waals surface area contributed by atoms with Crippen molar-refractivity contribution in [2.24, 2.45) is 0 Å². The number of benzene rings is 1. The Morgan fingerprint density at radius 2 is 2.26 bits per heavy atom. The maximum Gasteiger partial charge on any atom is 0.265 e. The summed E-state index contributed by atoms with van der Waals surface area (Å²) in [6, 6.07) is 7.41. The van der Waals surface area contributed by atoms with Crippen LogP contribution in [0.2, 0.25) is 0 Å². The summed E-state index contributed by atoms with van der Waals surface area (Å²) in [6.45, 7) is 1.75. The van der Waals surface area contributed by atoms with E-state index < -0.39 is 6.10 Å². The molecule has 19 heavy (non-hydrogen) atoms. The molecule has 6 heteroatoms. The van der Waals surface area contributed by atoms with Gasteiger partial charge in [0.1, 0.15) is 4.88 Å². The van der Waals surface area contributed by atoms with E-state index in [9.17, 15) is 9.90 Å². The van der Waals surface area contributed by atoms with Gasteiger partial charge in [0.25, 0.3) is 5.91 Å². The Morgan fingerprint density at radius 1 is 1.47 bits per heavy atom. The summed E-state index contributed by atoms with van der Waals surface area (Å²) < 4.78 is 3.75. The topological polar surface area (TPSA) is 75.1 Å². The highest BCUT2D eigenvalue weighted by molar-refractivity contribution is 7.08. The van der Waals surface area contributed by atoms with Crippen molar-refractivity contribution in [1.29, 1.82) is 0 Å². The number of rotatable bonds is 2. The summed E-state index contributed by atoms with van der Waals surface area (Å²) >= 11 is 1.07. The minimum absolute atomic E-state index is 0.228. The molecule has 2 N–H and O–H groups in total. The van der Waals surface area contributed by atoms with Gasteiger partial charge in [-0.05, 0) is 29.6 Å². The third-order valence-electron chi connectivity index (χ3n) is 3.35. The zero-order valence-electron chi connectivity index (χ0n) is 10.3. The molecule has 0 unspecified atom stereocenters. The molecule has 0 fully saturated rings. The van der Waals surface area contributed by atoms with E-state index >= 15 is 0 Å². The van der Waals surface area contributed by atoms with E-state index in [0.717, 1.165) is 22.7 Å². The Labute approximate surface area is 114 Å². The lowest BCUT2D eigenvalue weighted by Crippen LogP contribution is -2.33. The van der Waals surface area contributed by atoms with E-state index in [2.05, 4.69) is 14.9 Å². The second kappa shape index (κ2) is 4.71. The van der Waals surface area contributed by atoms with Crippen molar-refractivity contribution >= 4 is 17.4 Å². The summed E-state index contributed by atoms with van der Waals surface area (Å²) in [5.74, 6) is -0.228. The molecule has 1 aromatic heterocycles. The van der Waals surface area contributed by atoms with E-state index in [1.807, 2.05) is 24.3 Å². The summed E-state index contributed by atoms with van der Waals surface area (Å²) in [5, 5.41) is 16.8. The SMILES string of the molecule is Cc1nnsc1C(=O)N[C@H]1c2ccccc2C[C@H]1O. The molecule has 1 aliphatic rings. The first-order chi connectivity index (χ1) is 9.16. The van der Waals surface area contributed by atoms with Gasteiger partial charge in [0.15, 0.2) is 0 Å². The molecule has 0 bridgehead atoms. The maximum atomic E-state index is 12.1. The third kappa shape index (κ3) is 2.13. The van der Waals surface area contributed by atoms with Crippen LogP contribution in [0.15, 0.2) is 24.3 Å². The molecule has 3 rings (SSSR count). The summed E-state index contributed by atoms with van der Waals surface area (Å²) in [5.41, 5.74) is 2.68. The predicted octanol–water partition coefficient (Wildman–Crippen LogP) is 1.23. The van der Waals surface area contributed by atoms with Gasteiger partial charge in [0, 0.05) is 6.42 Å². The van der Waals surface area contributed by atoms with Crippen LogP contribution < -0.4 is 5.32 Å². The Morgan fingerprint density at radius 3 is 3.00 bits per heavy atom. The molecule has 0 aliphatic heterocycles. The molecular weight excluding hydrogens is 262 g/mol. The normalized spacial score (nSPS) is 21.2. The number of hydrogen-bond donors (Lipinski definition) is 2. The second-order valence-electron chi connectivity index (χ2n) is 4.61. The van der Waals surface area contributed by atoms with Crippen LogP contribution in [0.1, 0.15) is 32.5 Å². The lowest BCUT2D eigenvalue weighted by atomic mass is 10.1. The molecule has 2 aromatic rings. The van der Waals surface area contributed by atoms with Gasteiger partial charge < -0.3 is 10.4 Å². The summed E-state index contributed by atoms with van der Waals surface area (Å²) in [4.78, 5) is 12.6. The monoisotopic (exact) mass is 275 g/mol. The third-order valence-corrected chi connectivity index (χ3v) is 4.18. The zero-order chi connectivity index (χ0) is 13.4. The van der Waals surface area contributed by atoms with Crippen molar-refractivity contribution in [3.8, 4) is 0 Å². The number of hydrogen-bond acceptors (Lipinski definition) is 5. The highest BCUT2D eigenvalue weighted by atomic mass is 32.1. The second-order valence-corrected chi connectivity index (χ2v) is 5.36. The van der Waals surface area contributed by atoms with E-state index in [1.165, 1.54) is 0 Å². The van der Waals surface area contributed by atoms with Crippen LogP contribution in [-0.4, -0.2) is 26.7 Å². The standard InChI is InChI=1S/C13H13N3O2S/c1-7-12(19-16-15-7)13(18)14-11-9-5-3-2-4-8(9)6-10(11)17/h2-5,10-11,17H,6H2,1H3,(H,14,18)/t10-,11+/m1/s1. The van der Waals surface area contributed by atoms with Gasteiger partial charge in [-0.1, -0.05) is 28.8 Å². The molecule has 0 spiro atoms. The number of amides is 1. The Hall–Kier alpha value is -1.79. The highest BCUT2D eigenvalue weighted by Gasteiger charge is 2.32. The van der Waals surface area contributed by atoms with Gasteiger partial charge >= 0.3 is 0 Å². The lowest BCUT2D eigenvalue weighted by Gasteiger charge is -2.17. The van der Waals surface area contributed by atoms with Gasteiger partial charge in [-0.15, -0.1) is 5.10 Å². The largest absolute Gasteiger partial charge is 0.390 e. The number of aliphatic hydroxyl groups excluding tert-OH is 1. The average Bonchev–Trinajstić information content (AvgIpc) is 2.94. The Kier molecular flexibility index (Phi) is 3.04. The zero-order valence-corrected chi connectivity index (χ0v) is 11.1. The lowest BCUT2D eigenvalue weighted by molar-refractivity contribution is 0.0861. The first-order valence-corrected chi connectivity index (χ1v) is 6.80. The highest BCUT2D eigenvalue weighted by Crippen LogP contribution is 2.31. The first-order valence-electron chi connectivity index (χ1n) is 6.02. The van der Waals surface area contributed by atoms with Crippen molar-refractivity contribution in [1.82, 2.24) is 14.9 Å². The molecule has 0 radical (unpaired) electrons. The van der Waals surface area contributed by atoms with Gasteiger partial charge in [0.2, 0.25) is 0 Å². The van der Waals surface area contributed by atoms with Crippen LogP contribution in [0, 0.1) is 6.92 Å². The number of aromatic nitrogens is 2. The Balaban J connectivity index is 1.84. The molecule has 5 nitrogen and oxygen atoms in total. The van der Waals surface area contributed by atoms with E-state index in [0.29, 0.717) is 17.0 Å². The number of aryl methyl sites for hydroxylation is 1. The molecule has 1 aliphatic carbocycles. The fraction of sp³-hybridized carbons (Fsp3) is 0.308. The molecule has 1 aromatic carbocycles. The van der Waals surface area contributed by atoms with Crippen LogP contribution in [0.3, 0.4) is 0 Å². The maximum absolute atomic E-state index is 12.1. The minimum Gasteiger partial charge on any atom is -0.390 e. The Bertz CT molecular complexity index is 626. The van der Waals surface area contributed by atoms with Gasteiger partial charge in [-0.25, -0.2) is 0 Å². The van der Waals surface area contributed by atoms with Crippen molar-refractivity contribution in [3.63, 3.8) is 0 Å². The fourth-order valence-corrected chi connectivity index (χ4v) is 2.95. The van der Waals surface area contributed by atoms with Gasteiger partial charge in [-0.2, -0.15) is 0 Å². The van der Waals surface area contributed by atoms with Crippen LogP contribution in [-0.2, 0) is 6.42 Å². The number of carbonyl (C=O) groups excluding carboxylic acids is 1. The van der Waals surface area contributed by atoms with E-state index in [4.69, 9.17) is 0 Å². The number of aliphatic hydroxyl groups is 1. The first kappa shape index (κ1) is 12.3. The van der Waals surface area contributed by atoms with Crippen molar-refractivity contribution in [2.45, 2.75) is 25.5 Å². The van der Waals surface area contributed by atoms with Gasteiger partial charge in [-0.3, -0.25) is 4.79 Å². The summed E-state index contributed by atoms with van der Waals surface area (Å²) in [6.07, 6.45) is -0.0105. The van der Waals surface area contributed by atoms with Crippen molar-refractivity contribution < 1.29 is 9.90 Å². The van der Waals surface area contributed by atoms with Crippen molar-refractivity contribution in [3.05, 3.63) is 46.0 Å². The van der Waals surface area contributed by atoms with Crippen LogP contribution in [0.4, 0.5) is 0 Å². The molecule has 0 saturated carbocycles.